The Morgan fingerprint density at radius 3 is 2.55 bits per heavy atom. The van der Waals surface area contributed by atoms with E-state index in [0.717, 1.165) is 11.1 Å². The lowest BCUT2D eigenvalue weighted by atomic mass is 9.83. The minimum atomic E-state index is -0.517. The molecule has 0 radical (unpaired) electrons. The molecule has 4 aromatic rings. The van der Waals surface area contributed by atoms with E-state index in [-0.39, 0.29) is 17.2 Å². The molecule has 2 N–H and O–H groups in total. The molecule has 6 nitrogen and oxygen atoms in total. The first-order valence-electron chi connectivity index (χ1n) is 11.6. The Morgan fingerprint density at radius 2 is 1.79 bits per heavy atom. The molecule has 0 bridgehead atoms. The largest absolute Gasteiger partial charge is 0.489 e. The van der Waals surface area contributed by atoms with E-state index in [0.29, 0.717) is 38.7 Å². The van der Waals surface area contributed by atoms with Crippen molar-refractivity contribution in [3.8, 4) is 23.3 Å². The summed E-state index contributed by atoms with van der Waals surface area (Å²) < 4.78 is 18.0. The van der Waals surface area contributed by atoms with Gasteiger partial charge in [-0.15, -0.1) is 0 Å². The second-order valence-electron chi connectivity index (χ2n) is 8.48. The lowest BCUT2D eigenvalue weighted by Crippen LogP contribution is -2.21. The van der Waals surface area contributed by atoms with Crippen LogP contribution in [0.1, 0.15) is 33.0 Å². The highest BCUT2D eigenvalue weighted by Crippen LogP contribution is 2.44. The molecule has 4 aromatic carbocycles. The fraction of sp³-hybridized carbons (Fsp3) is 0.0667. The molecule has 1 aliphatic rings. The molecule has 5 rings (SSSR count). The average molecular weight is 588 g/mol. The number of benzene rings is 4. The van der Waals surface area contributed by atoms with Crippen LogP contribution in [0.5, 0.6) is 17.2 Å². The van der Waals surface area contributed by atoms with E-state index >= 15 is 0 Å². The maximum Gasteiger partial charge on any atom is 0.344 e. The monoisotopic (exact) mass is 586 g/mol. The molecule has 1 aliphatic heterocycles. The SMILES string of the molecule is N#CC1=C(N)Oc2cc(OC(=O)c3ccccc3Br)ccc2C1c1cccc(OCc2ccc(Cl)cc2)c1. The van der Waals surface area contributed by atoms with E-state index in [1.807, 2.05) is 54.6 Å². The summed E-state index contributed by atoms with van der Waals surface area (Å²) in [7, 11) is 0. The summed E-state index contributed by atoms with van der Waals surface area (Å²) in [6.45, 7) is 0.361. The topological polar surface area (TPSA) is 94.6 Å². The smallest absolute Gasteiger partial charge is 0.344 e. The first kappa shape index (κ1) is 25.4. The van der Waals surface area contributed by atoms with Crippen LogP contribution in [0.25, 0.3) is 0 Å². The third-order valence-corrected chi connectivity index (χ3v) is 6.95. The van der Waals surface area contributed by atoms with Gasteiger partial charge in [-0.3, -0.25) is 0 Å². The zero-order chi connectivity index (χ0) is 26.6. The van der Waals surface area contributed by atoms with Gasteiger partial charge in [-0.05, 0) is 69.5 Å². The number of hydrogen-bond acceptors (Lipinski definition) is 6. The molecule has 0 spiro atoms. The van der Waals surface area contributed by atoms with Crippen LogP contribution in [-0.2, 0) is 6.61 Å². The molecule has 188 valence electrons. The molecule has 1 unspecified atom stereocenters. The molecular weight excluding hydrogens is 568 g/mol. The Bertz CT molecular complexity index is 1590. The zero-order valence-electron chi connectivity index (χ0n) is 19.9. The summed E-state index contributed by atoms with van der Waals surface area (Å²) >= 11 is 9.33. The number of hydrogen-bond donors (Lipinski definition) is 1. The standard InChI is InChI=1S/C30H20BrClN2O4/c31-26-7-2-1-6-23(26)30(35)37-22-12-13-24-27(15-22)38-29(34)25(16-33)28(24)19-4-3-5-21(14-19)36-17-18-8-10-20(32)11-9-18/h1-15,28H,17,34H2. The minimum absolute atomic E-state index is 0.00762. The third-order valence-electron chi connectivity index (χ3n) is 6.01. The van der Waals surface area contributed by atoms with E-state index < -0.39 is 11.9 Å². The van der Waals surface area contributed by atoms with Crippen LogP contribution >= 0.6 is 27.5 Å². The minimum Gasteiger partial charge on any atom is -0.489 e. The van der Waals surface area contributed by atoms with E-state index in [1.54, 1.807) is 36.4 Å². The summed E-state index contributed by atoms with van der Waals surface area (Å²) in [5, 5.41) is 10.6. The first-order valence-corrected chi connectivity index (χ1v) is 12.8. The Kier molecular flexibility index (Phi) is 7.36. The predicted molar refractivity (Wildman–Crippen MR) is 147 cm³/mol. The van der Waals surface area contributed by atoms with Gasteiger partial charge in [0.05, 0.1) is 11.5 Å². The van der Waals surface area contributed by atoms with Gasteiger partial charge in [0.15, 0.2) is 0 Å². The van der Waals surface area contributed by atoms with Crippen LogP contribution in [0, 0.1) is 11.3 Å². The summed E-state index contributed by atoms with van der Waals surface area (Å²) in [6.07, 6.45) is 0. The number of esters is 1. The van der Waals surface area contributed by atoms with Gasteiger partial charge in [0.2, 0.25) is 5.88 Å². The van der Waals surface area contributed by atoms with Crippen LogP contribution in [0.3, 0.4) is 0 Å². The molecule has 0 saturated carbocycles. The van der Waals surface area contributed by atoms with E-state index in [9.17, 15) is 10.1 Å². The van der Waals surface area contributed by atoms with Gasteiger partial charge in [0.25, 0.3) is 0 Å². The molecule has 8 heteroatoms. The fourth-order valence-electron chi connectivity index (χ4n) is 4.16. The number of ether oxygens (including phenoxy) is 3. The van der Waals surface area contributed by atoms with Gasteiger partial charge in [-0.25, -0.2) is 4.79 Å². The Hall–Kier alpha value is -4.25. The van der Waals surface area contributed by atoms with Gasteiger partial charge in [-0.2, -0.15) is 5.26 Å². The summed E-state index contributed by atoms with van der Waals surface area (Å²) in [5.41, 5.74) is 9.33. The summed E-state index contributed by atoms with van der Waals surface area (Å²) in [4.78, 5) is 12.7. The lowest BCUT2D eigenvalue weighted by Gasteiger charge is -2.27. The molecule has 1 heterocycles. The predicted octanol–water partition coefficient (Wildman–Crippen LogP) is 7.12. The second-order valence-corrected chi connectivity index (χ2v) is 9.77. The highest BCUT2D eigenvalue weighted by Gasteiger charge is 2.31. The van der Waals surface area contributed by atoms with Crippen molar-refractivity contribution in [1.29, 1.82) is 5.26 Å². The molecule has 1 atom stereocenters. The molecule has 0 fully saturated rings. The quantitative estimate of drug-likeness (QED) is 0.191. The van der Waals surface area contributed by atoms with Gasteiger partial charge in [0, 0.05) is 21.1 Å². The van der Waals surface area contributed by atoms with Gasteiger partial charge in [0.1, 0.15) is 35.5 Å². The van der Waals surface area contributed by atoms with Crippen LogP contribution < -0.4 is 19.9 Å². The van der Waals surface area contributed by atoms with Gasteiger partial charge in [-0.1, -0.05) is 54.1 Å². The van der Waals surface area contributed by atoms with Crippen molar-refractivity contribution < 1.29 is 19.0 Å². The van der Waals surface area contributed by atoms with E-state index in [1.165, 1.54) is 0 Å². The van der Waals surface area contributed by atoms with Crippen molar-refractivity contribution in [2.75, 3.05) is 0 Å². The van der Waals surface area contributed by atoms with Gasteiger partial charge < -0.3 is 19.9 Å². The summed E-state index contributed by atoms with van der Waals surface area (Å²) in [6, 6.07) is 29.1. The van der Waals surface area contributed by atoms with Crippen molar-refractivity contribution in [2.45, 2.75) is 12.5 Å². The maximum absolute atomic E-state index is 12.7. The van der Waals surface area contributed by atoms with Crippen molar-refractivity contribution in [3.63, 3.8) is 0 Å². The van der Waals surface area contributed by atoms with Gasteiger partial charge >= 0.3 is 5.97 Å². The fourth-order valence-corrected chi connectivity index (χ4v) is 4.73. The van der Waals surface area contributed by atoms with E-state index in [2.05, 4.69) is 22.0 Å². The molecule has 0 aromatic heterocycles. The van der Waals surface area contributed by atoms with Crippen LogP contribution in [0.15, 0.2) is 107 Å². The van der Waals surface area contributed by atoms with Crippen molar-refractivity contribution >= 4 is 33.5 Å². The van der Waals surface area contributed by atoms with Crippen molar-refractivity contribution in [1.82, 2.24) is 0 Å². The Morgan fingerprint density at radius 1 is 1.00 bits per heavy atom. The number of allylic oxidation sites excluding steroid dienone is 1. The number of halogens is 2. The number of carbonyl (C=O) groups excluding carboxylic acids is 1. The number of nitrogens with zero attached hydrogens (tertiary/aromatic N) is 1. The average Bonchev–Trinajstić information content (AvgIpc) is 2.92. The Labute approximate surface area is 233 Å². The molecular formula is C30H20BrClN2O4. The molecule has 0 aliphatic carbocycles. The Balaban J connectivity index is 1.42. The number of fused-ring (bicyclic) bond motifs is 1. The number of nitrogens with two attached hydrogens (primary N) is 1. The molecule has 0 amide bonds. The normalized spacial score (nSPS) is 14.2. The second kappa shape index (κ2) is 11.0. The summed E-state index contributed by atoms with van der Waals surface area (Å²) in [5.74, 6) is 0.312. The van der Waals surface area contributed by atoms with Crippen LogP contribution in [-0.4, -0.2) is 5.97 Å². The van der Waals surface area contributed by atoms with Crippen molar-refractivity contribution in [3.05, 3.63) is 134 Å². The highest BCUT2D eigenvalue weighted by molar-refractivity contribution is 9.10. The van der Waals surface area contributed by atoms with Crippen molar-refractivity contribution in [2.24, 2.45) is 5.73 Å². The molecule has 38 heavy (non-hydrogen) atoms. The maximum atomic E-state index is 12.7. The van der Waals surface area contributed by atoms with Crippen LogP contribution in [0.2, 0.25) is 5.02 Å². The highest BCUT2D eigenvalue weighted by atomic mass is 79.9. The lowest BCUT2D eigenvalue weighted by molar-refractivity contribution is 0.0733. The third kappa shape index (κ3) is 5.37. The number of carbonyl (C=O) groups is 1. The van der Waals surface area contributed by atoms with Crippen LogP contribution in [0.4, 0.5) is 0 Å². The molecule has 0 saturated heterocycles. The number of rotatable bonds is 6. The zero-order valence-corrected chi connectivity index (χ0v) is 22.2. The first-order chi connectivity index (χ1) is 18.4. The number of nitriles is 1. The van der Waals surface area contributed by atoms with E-state index in [4.69, 9.17) is 31.5 Å².